The van der Waals surface area contributed by atoms with Gasteiger partial charge in [0.25, 0.3) is 0 Å². The molecular weight excluding hydrogens is 334 g/mol. The number of amides is 1. The van der Waals surface area contributed by atoms with E-state index in [1.54, 1.807) is 6.07 Å². The van der Waals surface area contributed by atoms with Crippen molar-refractivity contribution >= 4 is 21.6 Å². The second-order valence-corrected chi connectivity index (χ2v) is 7.23. The Morgan fingerprint density at radius 3 is 2.71 bits per heavy atom. The number of benzene rings is 1. The van der Waals surface area contributed by atoms with Gasteiger partial charge in [-0.1, -0.05) is 0 Å². The minimum absolute atomic E-state index is 0.0310. The lowest BCUT2D eigenvalue weighted by molar-refractivity contribution is -0.116. The van der Waals surface area contributed by atoms with Crippen LogP contribution in [-0.4, -0.2) is 58.6 Å². The van der Waals surface area contributed by atoms with Crippen LogP contribution in [0.15, 0.2) is 23.1 Å². The van der Waals surface area contributed by atoms with Gasteiger partial charge in [-0.2, -0.15) is 4.31 Å². The van der Waals surface area contributed by atoms with E-state index < -0.39 is 10.0 Å². The Balaban J connectivity index is 2.26. The van der Waals surface area contributed by atoms with E-state index in [4.69, 9.17) is 15.2 Å². The molecule has 1 fully saturated rings. The minimum atomic E-state index is -3.72. The van der Waals surface area contributed by atoms with Gasteiger partial charge in [0, 0.05) is 25.2 Å². The van der Waals surface area contributed by atoms with Crippen molar-refractivity contribution in [3.63, 3.8) is 0 Å². The molecule has 0 aliphatic carbocycles. The number of morpholine rings is 1. The Labute approximate surface area is 142 Å². The van der Waals surface area contributed by atoms with Gasteiger partial charge in [0.05, 0.1) is 20.3 Å². The van der Waals surface area contributed by atoms with Gasteiger partial charge in [-0.3, -0.25) is 4.79 Å². The van der Waals surface area contributed by atoms with Gasteiger partial charge in [0.1, 0.15) is 10.6 Å². The fourth-order valence-electron chi connectivity index (χ4n) is 2.37. The molecule has 134 valence electrons. The van der Waals surface area contributed by atoms with Crippen molar-refractivity contribution in [2.45, 2.75) is 17.7 Å². The predicted octanol–water partition coefficient (Wildman–Crippen LogP) is 0.394. The van der Waals surface area contributed by atoms with Gasteiger partial charge in [-0.15, -0.1) is 0 Å². The monoisotopic (exact) mass is 357 g/mol. The number of rotatable bonds is 7. The highest BCUT2D eigenvalue weighted by Gasteiger charge is 2.29. The quantitative estimate of drug-likeness (QED) is 0.730. The van der Waals surface area contributed by atoms with E-state index in [2.05, 4.69) is 5.32 Å². The first-order valence-corrected chi connectivity index (χ1v) is 9.19. The van der Waals surface area contributed by atoms with Crippen molar-refractivity contribution < 1.29 is 22.7 Å². The van der Waals surface area contributed by atoms with Gasteiger partial charge >= 0.3 is 0 Å². The molecule has 1 aromatic rings. The standard InChI is InChI=1S/C15H23N3O5S/c1-22-13-5-4-12(17-15(19)3-2-6-16)11-14(13)24(20,21)18-7-9-23-10-8-18/h4-5,11H,2-3,6-10,16H2,1H3,(H,17,19). The van der Waals surface area contributed by atoms with E-state index in [1.165, 1.54) is 23.5 Å². The molecule has 0 bridgehead atoms. The molecule has 3 N–H and O–H groups in total. The number of nitrogens with zero attached hydrogens (tertiary/aromatic N) is 1. The summed E-state index contributed by atoms with van der Waals surface area (Å²) < 4.78 is 37.4. The van der Waals surface area contributed by atoms with E-state index >= 15 is 0 Å². The highest BCUT2D eigenvalue weighted by Crippen LogP contribution is 2.30. The van der Waals surface area contributed by atoms with Crippen LogP contribution < -0.4 is 15.8 Å². The predicted molar refractivity (Wildman–Crippen MR) is 89.5 cm³/mol. The summed E-state index contributed by atoms with van der Waals surface area (Å²) in [6.45, 7) is 1.72. The van der Waals surface area contributed by atoms with E-state index in [9.17, 15) is 13.2 Å². The average Bonchev–Trinajstić information content (AvgIpc) is 2.60. The first kappa shape index (κ1) is 18.7. The van der Waals surface area contributed by atoms with Crippen molar-refractivity contribution in [3.8, 4) is 5.75 Å². The third-order valence-electron chi connectivity index (χ3n) is 3.64. The Bertz CT molecular complexity index is 672. The molecule has 1 aliphatic rings. The first-order valence-electron chi connectivity index (χ1n) is 7.75. The molecule has 2 rings (SSSR count). The molecule has 1 aliphatic heterocycles. The van der Waals surface area contributed by atoms with Crippen molar-refractivity contribution in [2.75, 3.05) is 45.3 Å². The number of carbonyl (C=O) groups is 1. The number of carbonyl (C=O) groups excluding carboxylic acids is 1. The molecule has 9 heteroatoms. The number of ether oxygens (including phenoxy) is 2. The molecule has 1 saturated heterocycles. The van der Waals surface area contributed by atoms with Crippen molar-refractivity contribution in [3.05, 3.63) is 18.2 Å². The molecule has 0 spiro atoms. The van der Waals surface area contributed by atoms with Crippen molar-refractivity contribution in [1.82, 2.24) is 4.31 Å². The number of anilines is 1. The Morgan fingerprint density at radius 1 is 1.38 bits per heavy atom. The van der Waals surface area contributed by atoms with Crippen LogP contribution in [-0.2, 0) is 19.6 Å². The third-order valence-corrected chi connectivity index (χ3v) is 5.56. The summed E-state index contributed by atoms with van der Waals surface area (Å²) in [7, 11) is -2.31. The topological polar surface area (TPSA) is 111 Å². The van der Waals surface area contributed by atoms with E-state index in [-0.39, 0.29) is 23.0 Å². The summed E-state index contributed by atoms with van der Waals surface area (Å²) in [5.41, 5.74) is 5.79. The van der Waals surface area contributed by atoms with Gasteiger partial charge in [-0.05, 0) is 31.2 Å². The number of hydrogen-bond donors (Lipinski definition) is 2. The molecule has 1 amide bonds. The lowest BCUT2D eigenvalue weighted by Gasteiger charge is -2.26. The minimum Gasteiger partial charge on any atom is -0.495 e. The zero-order chi connectivity index (χ0) is 17.6. The summed E-state index contributed by atoms with van der Waals surface area (Å²) in [4.78, 5) is 11.8. The maximum Gasteiger partial charge on any atom is 0.246 e. The van der Waals surface area contributed by atoms with Crippen LogP contribution in [0.25, 0.3) is 0 Å². The third kappa shape index (κ3) is 4.44. The van der Waals surface area contributed by atoms with Crippen LogP contribution in [0.4, 0.5) is 5.69 Å². The Morgan fingerprint density at radius 2 is 2.08 bits per heavy atom. The van der Waals surface area contributed by atoms with Gasteiger partial charge < -0.3 is 20.5 Å². The highest BCUT2D eigenvalue weighted by molar-refractivity contribution is 7.89. The normalized spacial score (nSPS) is 15.9. The zero-order valence-corrected chi connectivity index (χ0v) is 14.5. The van der Waals surface area contributed by atoms with Crippen LogP contribution in [0.2, 0.25) is 0 Å². The van der Waals surface area contributed by atoms with Crippen LogP contribution in [0, 0.1) is 0 Å². The molecule has 8 nitrogen and oxygen atoms in total. The maximum atomic E-state index is 12.8. The SMILES string of the molecule is COc1ccc(NC(=O)CCCN)cc1S(=O)(=O)N1CCOCC1. The number of nitrogens with one attached hydrogen (secondary N) is 1. The van der Waals surface area contributed by atoms with Crippen molar-refractivity contribution in [2.24, 2.45) is 5.73 Å². The summed E-state index contributed by atoms with van der Waals surface area (Å²) in [6.07, 6.45) is 0.856. The summed E-state index contributed by atoms with van der Waals surface area (Å²) >= 11 is 0. The van der Waals surface area contributed by atoms with Crippen LogP contribution in [0.5, 0.6) is 5.75 Å². The average molecular weight is 357 g/mol. The smallest absolute Gasteiger partial charge is 0.246 e. The lowest BCUT2D eigenvalue weighted by atomic mass is 10.2. The fourth-order valence-corrected chi connectivity index (χ4v) is 3.96. The maximum absolute atomic E-state index is 12.8. The molecule has 0 atom stereocenters. The number of sulfonamides is 1. The Kier molecular flexibility index (Phi) is 6.55. The second kappa shape index (κ2) is 8.43. The molecule has 0 unspecified atom stereocenters. The fraction of sp³-hybridized carbons (Fsp3) is 0.533. The highest BCUT2D eigenvalue weighted by atomic mass is 32.2. The molecule has 0 aromatic heterocycles. The summed E-state index contributed by atoms with van der Waals surface area (Å²) in [5, 5.41) is 2.69. The Hall–Kier alpha value is -1.68. The van der Waals surface area contributed by atoms with Crippen LogP contribution in [0.3, 0.4) is 0 Å². The van der Waals surface area contributed by atoms with E-state index in [1.807, 2.05) is 0 Å². The number of nitrogens with two attached hydrogens (primary N) is 1. The first-order chi connectivity index (χ1) is 11.5. The van der Waals surface area contributed by atoms with Gasteiger partial charge in [-0.25, -0.2) is 8.42 Å². The summed E-state index contributed by atoms with van der Waals surface area (Å²) in [5.74, 6) is 0.0294. The summed E-state index contributed by atoms with van der Waals surface area (Å²) in [6, 6.07) is 4.56. The van der Waals surface area contributed by atoms with Gasteiger partial charge in [0.2, 0.25) is 15.9 Å². The van der Waals surface area contributed by atoms with Crippen LogP contribution in [0.1, 0.15) is 12.8 Å². The molecule has 0 radical (unpaired) electrons. The molecule has 1 heterocycles. The van der Waals surface area contributed by atoms with Crippen molar-refractivity contribution in [1.29, 1.82) is 0 Å². The van der Waals surface area contributed by atoms with Crippen LogP contribution >= 0.6 is 0 Å². The largest absolute Gasteiger partial charge is 0.495 e. The van der Waals surface area contributed by atoms with E-state index in [0.29, 0.717) is 45.0 Å². The second-order valence-electron chi connectivity index (χ2n) is 5.32. The number of methoxy groups -OCH3 is 1. The number of hydrogen-bond acceptors (Lipinski definition) is 6. The molecule has 24 heavy (non-hydrogen) atoms. The molecule has 0 saturated carbocycles. The van der Waals surface area contributed by atoms with Gasteiger partial charge in [0.15, 0.2) is 0 Å². The van der Waals surface area contributed by atoms with E-state index in [0.717, 1.165) is 0 Å². The molecule has 1 aromatic carbocycles. The lowest BCUT2D eigenvalue weighted by Crippen LogP contribution is -2.40. The zero-order valence-electron chi connectivity index (χ0n) is 13.7. The molecular formula is C15H23N3O5S.